The predicted octanol–water partition coefficient (Wildman–Crippen LogP) is 2.79. The number of aromatic hydroxyl groups is 3. The Morgan fingerprint density at radius 2 is 1.80 bits per heavy atom. The molecule has 0 radical (unpaired) electrons. The first kappa shape index (κ1) is 21.3. The maximum absolute atomic E-state index is 13.2. The summed E-state index contributed by atoms with van der Waals surface area (Å²) in [5.74, 6) is -2.07. The monoisotopic (exact) mass is 416 g/mol. The fraction of sp³-hybridized carbons (Fsp3) is 0.318. The van der Waals surface area contributed by atoms with Gasteiger partial charge >= 0.3 is 0 Å². The van der Waals surface area contributed by atoms with Crippen LogP contribution in [0.1, 0.15) is 35.3 Å². The van der Waals surface area contributed by atoms with E-state index in [2.05, 4.69) is 0 Å². The van der Waals surface area contributed by atoms with Gasteiger partial charge in [-0.1, -0.05) is 11.6 Å². The number of fused-ring (bicyclic) bond motifs is 1. The quantitative estimate of drug-likeness (QED) is 0.548. The molecule has 30 heavy (non-hydrogen) atoms. The van der Waals surface area contributed by atoms with Crippen LogP contribution in [0.15, 0.2) is 29.8 Å². The van der Waals surface area contributed by atoms with Crippen molar-refractivity contribution in [3.05, 3.63) is 46.5 Å². The Morgan fingerprint density at radius 1 is 1.13 bits per heavy atom. The fourth-order valence-corrected chi connectivity index (χ4v) is 3.48. The lowest BCUT2D eigenvalue weighted by Crippen LogP contribution is -2.45. The summed E-state index contributed by atoms with van der Waals surface area (Å²) in [6.07, 6.45) is 2.28. The number of rotatable bonds is 5. The first-order valence-corrected chi connectivity index (χ1v) is 9.20. The molecule has 0 fully saturated rings. The van der Waals surface area contributed by atoms with Crippen LogP contribution in [-0.4, -0.2) is 47.0 Å². The lowest BCUT2D eigenvalue weighted by Gasteiger charge is -2.34. The summed E-state index contributed by atoms with van der Waals surface area (Å²) in [7, 11) is 2.68. The van der Waals surface area contributed by atoms with E-state index in [1.807, 2.05) is 19.9 Å². The molecule has 0 saturated carbocycles. The smallest absolute Gasteiger partial charge is 0.210 e. The molecule has 160 valence electrons. The third kappa shape index (κ3) is 3.39. The van der Waals surface area contributed by atoms with Crippen LogP contribution < -0.4 is 14.2 Å². The molecular formula is C22H24O8. The molecule has 0 amide bonds. The Bertz CT molecular complexity index is 1040. The van der Waals surface area contributed by atoms with E-state index >= 15 is 0 Å². The number of aliphatic hydroxyl groups is 1. The van der Waals surface area contributed by atoms with Gasteiger partial charge in [-0.2, -0.15) is 0 Å². The highest BCUT2D eigenvalue weighted by Gasteiger charge is 2.48. The minimum Gasteiger partial charge on any atom is -0.508 e. The van der Waals surface area contributed by atoms with Crippen LogP contribution in [-0.2, 0) is 12.0 Å². The van der Waals surface area contributed by atoms with Crippen molar-refractivity contribution in [3.63, 3.8) is 0 Å². The SMILES string of the molecule is COc1c(CC=C(C)C)cc(C2(O)COc3cc(O)cc(O)c3C2=O)c(OC)c1O. The van der Waals surface area contributed by atoms with E-state index in [0.717, 1.165) is 11.6 Å². The Hall–Kier alpha value is -3.39. The van der Waals surface area contributed by atoms with Gasteiger partial charge in [0.15, 0.2) is 17.1 Å². The summed E-state index contributed by atoms with van der Waals surface area (Å²) in [5.41, 5.74) is -0.998. The topological polar surface area (TPSA) is 126 Å². The molecule has 1 atom stereocenters. The second-order valence-corrected chi connectivity index (χ2v) is 7.30. The Balaban J connectivity index is 2.23. The van der Waals surface area contributed by atoms with Crippen molar-refractivity contribution >= 4 is 5.78 Å². The van der Waals surface area contributed by atoms with Crippen LogP contribution in [0.5, 0.6) is 34.5 Å². The standard InChI is InChI=1S/C22H24O8/c1-11(2)5-6-12-7-14(20(29-4)18(25)19(12)28-3)22(27)10-30-16-9-13(23)8-15(24)17(16)21(22)26/h5,7-9,23-25,27H,6,10H2,1-4H3. The molecule has 1 aliphatic rings. The maximum Gasteiger partial charge on any atom is 0.210 e. The molecule has 0 spiro atoms. The average Bonchev–Trinajstić information content (AvgIpc) is 2.68. The third-order valence-corrected chi connectivity index (χ3v) is 4.97. The molecule has 1 unspecified atom stereocenters. The molecular weight excluding hydrogens is 392 g/mol. The van der Waals surface area contributed by atoms with Crippen LogP contribution in [0, 0.1) is 0 Å². The summed E-state index contributed by atoms with van der Waals surface area (Å²) in [4.78, 5) is 13.2. The molecule has 3 rings (SSSR count). The van der Waals surface area contributed by atoms with Crippen LogP contribution in [0.2, 0.25) is 0 Å². The van der Waals surface area contributed by atoms with Gasteiger partial charge in [0.05, 0.1) is 14.2 Å². The molecule has 0 aromatic heterocycles. The van der Waals surface area contributed by atoms with Gasteiger partial charge in [0.2, 0.25) is 11.5 Å². The number of carbonyl (C=O) groups is 1. The Labute approximate surface area is 173 Å². The maximum atomic E-state index is 13.2. The predicted molar refractivity (Wildman–Crippen MR) is 108 cm³/mol. The Morgan fingerprint density at radius 3 is 2.40 bits per heavy atom. The zero-order chi connectivity index (χ0) is 22.2. The van der Waals surface area contributed by atoms with Gasteiger partial charge < -0.3 is 34.6 Å². The number of ketones is 1. The first-order valence-electron chi connectivity index (χ1n) is 9.20. The van der Waals surface area contributed by atoms with E-state index in [9.17, 15) is 25.2 Å². The molecule has 1 aliphatic heterocycles. The summed E-state index contributed by atoms with van der Waals surface area (Å²) in [6.45, 7) is 3.32. The van der Waals surface area contributed by atoms with Crippen molar-refractivity contribution in [2.75, 3.05) is 20.8 Å². The van der Waals surface area contributed by atoms with Gasteiger partial charge in [-0.3, -0.25) is 4.79 Å². The number of methoxy groups -OCH3 is 2. The van der Waals surface area contributed by atoms with Gasteiger partial charge in [0.25, 0.3) is 0 Å². The molecule has 0 saturated heterocycles. The summed E-state index contributed by atoms with van der Waals surface area (Å²) < 4.78 is 16.1. The number of benzene rings is 2. The van der Waals surface area contributed by atoms with E-state index in [0.29, 0.717) is 12.0 Å². The average molecular weight is 416 g/mol. The van der Waals surface area contributed by atoms with Crippen molar-refractivity contribution < 1.29 is 39.4 Å². The summed E-state index contributed by atoms with van der Waals surface area (Å²) in [6, 6.07) is 3.67. The minimum atomic E-state index is -2.25. The zero-order valence-electron chi connectivity index (χ0n) is 17.1. The second-order valence-electron chi connectivity index (χ2n) is 7.30. The summed E-state index contributed by atoms with van der Waals surface area (Å²) >= 11 is 0. The van der Waals surface area contributed by atoms with E-state index in [4.69, 9.17) is 14.2 Å². The van der Waals surface area contributed by atoms with Crippen molar-refractivity contribution in [1.82, 2.24) is 0 Å². The molecule has 0 aliphatic carbocycles. The Kier molecular flexibility index (Phi) is 5.54. The van der Waals surface area contributed by atoms with Gasteiger partial charge in [0, 0.05) is 23.3 Å². The highest BCUT2D eigenvalue weighted by Crippen LogP contribution is 2.49. The normalized spacial score (nSPS) is 17.7. The lowest BCUT2D eigenvalue weighted by molar-refractivity contribution is -0.00694. The zero-order valence-corrected chi connectivity index (χ0v) is 17.1. The van der Waals surface area contributed by atoms with Crippen LogP contribution >= 0.6 is 0 Å². The number of phenolic OH excluding ortho intramolecular Hbond substituents is 3. The largest absolute Gasteiger partial charge is 0.508 e. The highest BCUT2D eigenvalue weighted by atomic mass is 16.5. The number of hydrogen-bond acceptors (Lipinski definition) is 8. The summed E-state index contributed by atoms with van der Waals surface area (Å²) in [5, 5.41) is 41.9. The fourth-order valence-electron chi connectivity index (χ4n) is 3.48. The van der Waals surface area contributed by atoms with Crippen molar-refractivity contribution in [2.24, 2.45) is 0 Å². The van der Waals surface area contributed by atoms with E-state index in [1.165, 1.54) is 26.4 Å². The van der Waals surface area contributed by atoms with E-state index in [1.54, 1.807) is 0 Å². The van der Waals surface area contributed by atoms with Crippen LogP contribution in [0.3, 0.4) is 0 Å². The first-order chi connectivity index (χ1) is 14.1. The number of hydrogen-bond donors (Lipinski definition) is 4. The molecule has 2 aromatic carbocycles. The number of Topliss-reactive ketones (excluding diaryl/α,β-unsaturated/α-hetero) is 1. The molecule has 2 aromatic rings. The highest BCUT2D eigenvalue weighted by molar-refractivity contribution is 6.08. The van der Waals surface area contributed by atoms with Crippen LogP contribution in [0.25, 0.3) is 0 Å². The van der Waals surface area contributed by atoms with E-state index in [-0.39, 0.29) is 39.9 Å². The van der Waals surface area contributed by atoms with Gasteiger partial charge in [-0.15, -0.1) is 0 Å². The second kappa shape index (κ2) is 7.79. The number of phenols is 3. The third-order valence-electron chi connectivity index (χ3n) is 4.97. The molecule has 8 nitrogen and oxygen atoms in total. The molecule has 4 N–H and O–H groups in total. The van der Waals surface area contributed by atoms with Gasteiger partial charge in [-0.05, 0) is 26.3 Å². The van der Waals surface area contributed by atoms with E-state index < -0.39 is 23.7 Å². The van der Waals surface area contributed by atoms with Gasteiger partial charge in [-0.25, -0.2) is 0 Å². The van der Waals surface area contributed by atoms with Gasteiger partial charge in [0.1, 0.15) is 29.4 Å². The van der Waals surface area contributed by atoms with Crippen molar-refractivity contribution in [1.29, 1.82) is 0 Å². The molecule has 8 heteroatoms. The lowest BCUT2D eigenvalue weighted by atomic mass is 9.82. The molecule has 0 bridgehead atoms. The number of carbonyl (C=O) groups excluding carboxylic acids is 1. The van der Waals surface area contributed by atoms with Crippen LogP contribution in [0.4, 0.5) is 0 Å². The number of ether oxygens (including phenoxy) is 3. The molecule has 1 heterocycles. The number of allylic oxidation sites excluding steroid dienone is 2. The van der Waals surface area contributed by atoms with Crippen molar-refractivity contribution in [3.8, 4) is 34.5 Å². The van der Waals surface area contributed by atoms with Crippen molar-refractivity contribution in [2.45, 2.75) is 25.9 Å². The minimum absolute atomic E-state index is 0.0245.